The zero-order chi connectivity index (χ0) is 62.4. The number of nitrogens with one attached hydrogen (secondary N) is 3. The lowest BCUT2D eigenvalue weighted by Crippen LogP contribution is -2.62. The number of fused-ring (bicyclic) bond motifs is 1. The first-order chi connectivity index (χ1) is 39.5. The van der Waals surface area contributed by atoms with Gasteiger partial charge in [-0.2, -0.15) is 0 Å². The van der Waals surface area contributed by atoms with Crippen LogP contribution in [0, 0.1) is 29.6 Å². The van der Waals surface area contributed by atoms with Gasteiger partial charge in [-0.1, -0.05) is 79.7 Å². The zero-order valence-electron chi connectivity index (χ0n) is 51.3. The molecule has 5 rings (SSSR count). The normalized spacial score (nSPS) is 26.0. The van der Waals surface area contributed by atoms with Crippen molar-refractivity contribution < 1.29 is 72.4 Å². The number of ether oxygens (including phenoxy) is 3. The van der Waals surface area contributed by atoms with Gasteiger partial charge in [-0.05, 0) is 118 Å². The van der Waals surface area contributed by atoms with Crippen LogP contribution < -0.4 is 20.7 Å². The van der Waals surface area contributed by atoms with Gasteiger partial charge in [-0.3, -0.25) is 43.2 Å². The van der Waals surface area contributed by atoms with Gasteiger partial charge in [0.05, 0.1) is 31.6 Å². The number of hydrogen-bond donors (Lipinski definition) is 5. The molecule has 3 heterocycles. The lowest BCUT2D eigenvalue weighted by atomic mass is 9.92. The van der Waals surface area contributed by atoms with Gasteiger partial charge >= 0.3 is 11.9 Å². The fourth-order valence-electron chi connectivity index (χ4n) is 11.2. The summed E-state index contributed by atoms with van der Waals surface area (Å²) >= 11 is 0. The molecular formula is C62H91N7O15. The Kier molecular flexibility index (Phi) is 24.7. The molecule has 0 spiro atoms. The summed E-state index contributed by atoms with van der Waals surface area (Å²) in [5.74, 6) is -9.74. The number of cyclic esters (lactones) is 2. The van der Waals surface area contributed by atoms with Crippen LogP contribution in [0.1, 0.15) is 132 Å². The molecule has 0 saturated carbocycles. The number of amides is 7. The second kappa shape index (κ2) is 30.6. The van der Waals surface area contributed by atoms with E-state index in [0.29, 0.717) is 43.5 Å². The number of carbonyl (C=O) groups is 10. The molecule has 0 bridgehead atoms. The van der Waals surface area contributed by atoms with E-state index in [1.807, 2.05) is 27.7 Å². The Labute approximate surface area is 494 Å². The predicted molar refractivity (Wildman–Crippen MR) is 310 cm³/mol. The highest BCUT2D eigenvalue weighted by Gasteiger charge is 2.46. The van der Waals surface area contributed by atoms with Crippen molar-refractivity contribution in [1.29, 1.82) is 0 Å². The molecule has 464 valence electrons. The molecule has 0 radical (unpaired) electrons. The number of carbonyl (C=O) groups excluding carboxylic acids is 10. The van der Waals surface area contributed by atoms with Gasteiger partial charge in [0, 0.05) is 40.0 Å². The quantitative estimate of drug-likeness (QED) is 0.118. The Bertz CT molecular complexity index is 2650. The van der Waals surface area contributed by atoms with Crippen LogP contribution in [0.2, 0.25) is 0 Å². The van der Waals surface area contributed by atoms with Crippen LogP contribution in [0.3, 0.4) is 0 Å². The Hall–Kier alpha value is -7.10. The van der Waals surface area contributed by atoms with Gasteiger partial charge in [-0.15, -0.1) is 0 Å². The minimum Gasteiger partial charge on any atom is -0.508 e. The molecule has 3 fully saturated rings. The summed E-state index contributed by atoms with van der Waals surface area (Å²) in [5.41, 5.74) is 1.39. The number of aliphatic hydroxyl groups is 1. The Morgan fingerprint density at radius 1 is 0.798 bits per heavy atom. The second-order valence-electron chi connectivity index (χ2n) is 24.4. The van der Waals surface area contributed by atoms with Crippen LogP contribution in [-0.2, 0) is 70.3 Å². The first-order valence-corrected chi connectivity index (χ1v) is 29.6. The SMILES string of the molecule is COc1ccc(C[C@H]2C(=O)O[C@H](C)[C@H](NC(=O)[C@@H](CC(C)C)N(C)C(=O)C3CCCN3C(=O)CCc3ccc(O)cc3)C(=O)NC(C(C)C)[C@H](O)CC(=O)O[C@@H](C(C)C)C(=O)[C@H](C)C(=O)N[C@@H](CC(C)C)C(=O)N3CCC[C@H]3C(=O)N2C)cc1. The fraction of sp³-hybridized carbons (Fsp3) is 0.645. The summed E-state index contributed by atoms with van der Waals surface area (Å²) < 4.78 is 17.3. The predicted octanol–water partition coefficient (Wildman–Crippen LogP) is 3.88. The van der Waals surface area contributed by atoms with Crippen LogP contribution >= 0.6 is 0 Å². The highest BCUT2D eigenvalue weighted by molar-refractivity contribution is 6.05. The van der Waals surface area contributed by atoms with E-state index >= 15 is 14.4 Å². The number of ketones is 1. The Morgan fingerprint density at radius 2 is 1.43 bits per heavy atom. The molecule has 0 aliphatic carbocycles. The maximum absolute atomic E-state index is 15.0. The lowest BCUT2D eigenvalue weighted by molar-refractivity contribution is -0.163. The number of esters is 2. The summed E-state index contributed by atoms with van der Waals surface area (Å²) in [7, 11) is 4.35. The number of aliphatic hydroxyl groups excluding tert-OH is 1. The summed E-state index contributed by atoms with van der Waals surface area (Å²) in [6, 6.07) is 4.42. The van der Waals surface area contributed by atoms with Gasteiger partial charge in [0.1, 0.15) is 53.9 Å². The highest BCUT2D eigenvalue weighted by atomic mass is 16.6. The van der Waals surface area contributed by atoms with Crippen molar-refractivity contribution in [3.05, 3.63) is 59.7 Å². The number of phenols is 1. The number of likely N-dealkylation sites (N-methyl/N-ethyl adjacent to an activating group) is 2. The van der Waals surface area contributed by atoms with Crippen molar-refractivity contribution in [2.75, 3.05) is 34.3 Å². The van der Waals surface area contributed by atoms with Crippen molar-refractivity contribution in [2.45, 2.75) is 194 Å². The standard InChI is InChI=1S/C62H91N7O15/c1-34(2)30-44-59(78)69-29-15-17-46(69)61(80)67(12)48(32-41-20-25-43(82-13)26-21-41)62(81)83-39(10)53(58(77)64-52(36(5)6)49(71)33-51(73)84-55(37(7)8)54(74)38(9)56(75)63-44)65-57(76)47(31-35(3)4)66(11)60(79)45-16-14-28-68(45)50(72)27-22-40-18-23-42(70)24-19-40/h18-21,23-26,34-39,44-49,52-53,55,70-71H,14-17,22,27-33H2,1-13H3,(H,63,75)(H,64,77)(H,65,76)/t38-,39+,44-,45?,46-,47+,48-,49+,52?,53-,55-/m0/s1. The lowest BCUT2D eigenvalue weighted by Gasteiger charge is -2.36. The van der Waals surface area contributed by atoms with E-state index in [2.05, 4.69) is 16.0 Å². The molecular weight excluding hydrogens is 1080 g/mol. The number of hydrogen-bond acceptors (Lipinski definition) is 15. The van der Waals surface area contributed by atoms with Gasteiger partial charge in [0.2, 0.25) is 41.4 Å². The van der Waals surface area contributed by atoms with Crippen LogP contribution in [0.15, 0.2) is 48.5 Å². The van der Waals surface area contributed by atoms with Crippen molar-refractivity contribution in [2.24, 2.45) is 29.6 Å². The van der Waals surface area contributed by atoms with Crippen molar-refractivity contribution in [3.8, 4) is 11.5 Å². The monoisotopic (exact) mass is 1170 g/mol. The largest absolute Gasteiger partial charge is 0.508 e. The molecule has 0 aromatic heterocycles. The molecule has 22 nitrogen and oxygen atoms in total. The summed E-state index contributed by atoms with van der Waals surface area (Å²) in [5, 5.41) is 29.8. The molecule has 22 heteroatoms. The third kappa shape index (κ3) is 17.7. The van der Waals surface area contributed by atoms with E-state index < -0.39 is 138 Å². The first kappa shape index (κ1) is 67.7. The van der Waals surface area contributed by atoms with Crippen molar-refractivity contribution in [1.82, 2.24) is 35.6 Å². The van der Waals surface area contributed by atoms with Gasteiger partial charge in [0.15, 0.2) is 11.9 Å². The smallest absolute Gasteiger partial charge is 0.329 e. The molecule has 3 aliphatic heterocycles. The number of benzene rings is 2. The molecule has 3 aliphatic rings. The van der Waals surface area contributed by atoms with E-state index in [1.54, 1.807) is 64.1 Å². The zero-order valence-corrected chi connectivity index (χ0v) is 51.3. The van der Waals surface area contributed by atoms with E-state index in [-0.39, 0.29) is 62.1 Å². The Morgan fingerprint density at radius 3 is 2.02 bits per heavy atom. The summed E-state index contributed by atoms with van der Waals surface area (Å²) in [6.07, 6.45) is -3.38. The van der Waals surface area contributed by atoms with E-state index in [4.69, 9.17) is 14.2 Å². The first-order valence-electron chi connectivity index (χ1n) is 29.6. The maximum Gasteiger partial charge on any atom is 0.329 e. The molecule has 2 unspecified atom stereocenters. The molecule has 2 aromatic rings. The third-order valence-electron chi connectivity index (χ3n) is 16.2. The number of phenolic OH excluding ortho intramolecular Hbond substituents is 1. The van der Waals surface area contributed by atoms with E-state index in [0.717, 1.165) is 5.56 Å². The molecule has 5 N–H and O–H groups in total. The van der Waals surface area contributed by atoms with Gasteiger partial charge < -0.3 is 60.0 Å². The topological polar surface area (TPSA) is 288 Å². The number of rotatable bonds is 16. The minimum absolute atomic E-state index is 0.0894. The van der Waals surface area contributed by atoms with Crippen molar-refractivity contribution >= 4 is 59.1 Å². The number of nitrogens with zero attached hydrogens (tertiary/aromatic N) is 4. The fourth-order valence-corrected chi connectivity index (χ4v) is 11.2. The highest BCUT2D eigenvalue weighted by Crippen LogP contribution is 2.28. The third-order valence-corrected chi connectivity index (χ3v) is 16.2. The molecule has 2 aromatic carbocycles. The number of methoxy groups -OCH3 is 1. The second-order valence-corrected chi connectivity index (χ2v) is 24.4. The average Bonchev–Trinajstić information content (AvgIpc) is 3.45. The summed E-state index contributed by atoms with van der Waals surface area (Å²) in [4.78, 5) is 150. The summed E-state index contributed by atoms with van der Waals surface area (Å²) in [6.45, 7) is 17.1. The van der Waals surface area contributed by atoms with Gasteiger partial charge in [0.25, 0.3) is 0 Å². The van der Waals surface area contributed by atoms with E-state index in [9.17, 15) is 43.8 Å². The molecule has 3 saturated heterocycles. The van der Waals surface area contributed by atoms with Gasteiger partial charge in [-0.25, -0.2) is 4.79 Å². The molecule has 11 atom stereocenters. The van der Waals surface area contributed by atoms with E-state index in [1.165, 1.54) is 66.8 Å². The van der Waals surface area contributed by atoms with Crippen LogP contribution in [0.4, 0.5) is 0 Å². The van der Waals surface area contributed by atoms with Crippen LogP contribution in [0.5, 0.6) is 11.5 Å². The molecule has 84 heavy (non-hydrogen) atoms. The van der Waals surface area contributed by atoms with Crippen LogP contribution in [-0.4, -0.2) is 184 Å². The van der Waals surface area contributed by atoms with Crippen molar-refractivity contribution in [3.63, 3.8) is 0 Å². The Balaban J connectivity index is 1.57. The number of Topliss-reactive ketones (excluding diaryl/α,β-unsaturated/α-hetero) is 1. The molecule has 7 amide bonds. The number of likely N-dealkylation sites (tertiary alicyclic amines) is 1. The minimum atomic E-state index is -1.76. The number of aryl methyl sites for hydroxylation is 1. The number of aromatic hydroxyl groups is 1. The van der Waals surface area contributed by atoms with Crippen LogP contribution in [0.25, 0.3) is 0 Å². The maximum atomic E-state index is 15.0. The average molecular weight is 1170 g/mol.